The highest BCUT2D eigenvalue weighted by Gasteiger charge is 2.25. The van der Waals surface area contributed by atoms with Crippen molar-refractivity contribution in [3.63, 3.8) is 0 Å². The largest absolute Gasteiger partial charge is 0.462 e. The van der Waals surface area contributed by atoms with Crippen LogP contribution in [0.5, 0.6) is 0 Å². The topological polar surface area (TPSA) is 55.4 Å². The summed E-state index contributed by atoms with van der Waals surface area (Å²) in [7, 11) is 0. The lowest BCUT2D eigenvalue weighted by atomic mass is 10.0. The summed E-state index contributed by atoms with van der Waals surface area (Å²) in [5, 5.41) is 4.19. The Morgan fingerprint density at radius 3 is 2.33 bits per heavy atom. The van der Waals surface area contributed by atoms with Crippen LogP contribution in [0.15, 0.2) is 66.0 Å². The van der Waals surface area contributed by atoms with Crippen molar-refractivity contribution < 1.29 is 14.3 Å². The number of anilines is 1. The van der Waals surface area contributed by atoms with E-state index in [-0.39, 0.29) is 6.61 Å². The minimum absolute atomic E-state index is 0.248. The van der Waals surface area contributed by atoms with Gasteiger partial charge in [0.15, 0.2) is 0 Å². The number of rotatable bonds is 6. The first-order chi connectivity index (χ1) is 13.1. The van der Waals surface area contributed by atoms with E-state index in [1.165, 1.54) is 11.3 Å². The molecule has 0 aliphatic carbocycles. The third-order valence-electron chi connectivity index (χ3n) is 3.91. The quantitative estimate of drug-likeness (QED) is 0.439. The molecule has 0 radical (unpaired) electrons. The van der Waals surface area contributed by atoms with Crippen molar-refractivity contribution in [2.45, 2.75) is 12.3 Å². The van der Waals surface area contributed by atoms with Gasteiger partial charge in [0.2, 0.25) is 5.91 Å². The molecule has 0 unspecified atom stereocenters. The number of nitrogens with one attached hydrogen (secondary N) is 1. The number of hydrogen-bond acceptors (Lipinski definition) is 4. The summed E-state index contributed by atoms with van der Waals surface area (Å²) in [4.78, 5) is 25.1. The molecule has 0 aliphatic rings. The Bertz CT molecular complexity index is 925. The first-order valence-electron chi connectivity index (χ1n) is 8.45. The molecule has 0 spiro atoms. The molecule has 3 rings (SSSR count). The number of esters is 1. The Morgan fingerprint density at radius 2 is 1.70 bits per heavy atom. The van der Waals surface area contributed by atoms with Gasteiger partial charge in [-0.25, -0.2) is 4.79 Å². The zero-order valence-electron chi connectivity index (χ0n) is 14.6. The summed E-state index contributed by atoms with van der Waals surface area (Å²) >= 11 is 7.57. The summed E-state index contributed by atoms with van der Waals surface area (Å²) in [6.45, 7) is 1.99. The second-order valence-corrected chi connectivity index (χ2v) is 7.02. The molecule has 0 saturated carbocycles. The van der Waals surface area contributed by atoms with Crippen molar-refractivity contribution in [3.05, 3.63) is 77.2 Å². The molecule has 0 saturated heterocycles. The number of alkyl halides is 1. The second-order valence-electron chi connectivity index (χ2n) is 5.70. The number of ether oxygens (including phenoxy) is 1. The van der Waals surface area contributed by atoms with Gasteiger partial charge in [-0.3, -0.25) is 4.79 Å². The predicted molar refractivity (Wildman–Crippen MR) is 109 cm³/mol. The molecule has 0 bridgehead atoms. The van der Waals surface area contributed by atoms with Crippen LogP contribution >= 0.6 is 22.9 Å². The fraction of sp³-hybridized carbons (Fsp3) is 0.143. The smallest absolute Gasteiger partial charge is 0.341 e. The molecule has 4 nitrogen and oxygen atoms in total. The molecule has 138 valence electrons. The van der Waals surface area contributed by atoms with E-state index in [0.717, 1.165) is 11.1 Å². The average Bonchev–Trinajstić information content (AvgIpc) is 3.12. The molecule has 1 amide bonds. The molecule has 1 aromatic heterocycles. The van der Waals surface area contributed by atoms with E-state index >= 15 is 0 Å². The van der Waals surface area contributed by atoms with Crippen LogP contribution in [0.4, 0.5) is 5.00 Å². The van der Waals surface area contributed by atoms with Crippen LogP contribution < -0.4 is 5.32 Å². The number of hydrogen-bond donors (Lipinski definition) is 1. The van der Waals surface area contributed by atoms with Crippen LogP contribution in [-0.2, 0) is 9.53 Å². The minimum Gasteiger partial charge on any atom is -0.462 e. The van der Waals surface area contributed by atoms with E-state index in [2.05, 4.69) is 5.32 Å². The number of carbonyl (C=O) groups is 2. The van der Waals surface area contributed by atoms with Crippen LogP contribution in [0.2, 0.25) is 0 Å². The molecular weight excluding hydrogens is 382 g/mol. The summed E-state index contributed by atoms with van der Waals surface area (Å²) in [5.41, 5.74) is 2.63. The molecule has 1 atom stereocenters. The number of thiophene rings is 1. The van der Waals surface area contributed by atoms with E-state index in [1.807, 2.05) is 53.9 Å². The molecule has 2 aromatic carbocycles. The molecule has 27 heavy (non-hydrogen) atoms. The van der Waals surface area contributed by atoms with Crippen LogP contribution in [0, 0.1) is 0 Å². The normalized spacial score (nSPS) is 11.6. The third-order valence-corrected chi connectivity index (χ3v) is 5.26. The van der Waals surface area contributed by atoms with Crippen molar-refractivity contribution in [2.75, 3.05) is 11.9 Å². The molecule has 0 aliphatic heterocycles. The zero-order chi connectivity index (χ0) is 19.2. The summed E-state index contributed by atoms with van der Waals surface area (Å²) in [5.74, 6) is -0.867. The minimum atomic E-state index is -0.858. The standard InChI is InChI=1S/C21H18ClNO3S/c1-2-26-21(25)17-16(14-9-5-3-6-10-14)13-27-20(17)23-19(24)18(22)15-11-7-4-8-12-15/h3-13,18H,2H2,1H3,(H,23,24)/t18-/m1/s1. The van der Waals surface area contributed by atoms with Gasteiger partial charge in [-0.05, 0) is 18.1 Å². The average molecular weight is 400 g/mol. The number of halogens is 1. The molecule has 1 N–H and O–H groups in total. The maximum absolute atomic E-state index is 12.6. The second kappa shape index (κ2) is 8.84. The van der Waals surface area contributed by atoms with Crippen LogP contribution in [-0.4, -0.2) is 18.5 Å². The van der Waals surface area contributed by atoms with Crippen molar-refractivity contribution in [2.24, 2.45) is 0 Å². The van der Waals surface area contributed by atoms with E-state index in [1.54, 1.807) is 19.1 Å². The van der Waals surface area contributed by atoms with Crippen molar-refractivity contribution in [3.8, 4) is 11.1 Å². The molecular formula is C21H18ClNO3S. The van der Waals surface area contributed by atoms with Crippen molar-refractivity contribution in [1.29, 1.82) is 0 Å². The highest BCUT2D eigenvalue weighted by atomic mass is 35.5. The summed E-state index contributed by atoms with van der Waals surface area (Å²) in [6.07, 6.45) is 0. The first-order valence-corrected chi connectivity index (χ1v) is 9.77. The third kappa shape index (κ3) is 4.38. The van der Waals surface area contributed by atoms with Gasteiger partial charge in [-0.15, -0.1) is 22.9 Å². The van der Waals surface area contributed by atoms with Gasteiger partial charge in [0.25, 0.3) is 0 Å². The van der Waals surface area contributed by atoms with Gasteiger partial charge in [0.1, 0.15) is 15.9 Å². The Kier molecular flexibility index (Phi) is 6.27. The maximum atomic E-state index is 12.6. The first kappa shape index (κ1) is 19.1. The lowest BCUT2D eigenvalue weighted by Gasteiger charge is -2.12. The fourth-order valence-electron chi connectivity index (χ4n) is 2.63. The van der Waals surface area contributed by atoms with E-state index in [4.69, 9.17) is 16.3 Å². The Balaban J connectivity index is 1.92. The lowest BCUT2D eigenvalue weighted by Crippen LogP contribution is -2.18. The Labute approximate surface area is 166 Å². The lowest BCUT2D eigenvalue weighted by molar-refractivity contribution is -0.115. The van der Waals surface area contributed by atoms with Gasteiger partial charge in [-0.2, -0.15) is 0 Å². The van der Waals surface area contributed by atoms with E-state index in [0.29, 0.717) is 16.1 Å². The number of amides is 1. The predicted octanol–water partition coefficient (Wildman–Crippen LogP) is 5.51. The zero-order valence-corrected chi connectivity index (χ0v) is 16.2. The molecule has 3 aromatic rings. The maximum Gasteiger partial charge on any atom is 0.341 e. The van der Waals surface area contributed by atoms with Gasteiger partial charge < -0.3 is 10.1 Å². The van der Waals surface area contributed by atoms with Gasteiger partial charge >= 0.3 is 5.97 Å². The molecule has 1 heterocycles. The van der Waals surface area contributed by atoms with E-state index in [9.17, 15) is 9.59 Å². The fourth-order valence-corrected chi connectivity index (χ4v) is 3.79. The Morgan fingerprint density at radius 1 is 1.07 bits per heavy atom. The van der Waals surface area contributed by atoms with Crippen molar-refractivity contribution >= 4 is 39.8 Å². The van der Waals surface area contributed by atoms with Crippen LogP contribution in [0.25, 0.3) is 11.1 Å². The van der Waals surface area contributed by atoms with Gasteiger partial charge in [-0.1, -0.05) is 60.7 Å². The Hall–Kier alpha value is -2.63. The number of benzene rings is 2. The van der Waals surface area contributed by atoms with Gasteiger partial charge in [0.05, 0.1) is 6.61 Å². The highest BCUT2D eigenvalue weighted by Crippen LogP contribution is 2.37. The molecule has 0 fully saturated rings. The van der Waals surface area contributed by atoms with Crippen LogP contribution in [0.3, 0.4) is 0 Å². The monoisotopic (exact) mass is 399 g/mol. The highest BCUT2D eigenvalue weighted by molar-refractivity contribution is 7.15. The summed E-state index contributed by atoms with van der Waals surface area (Å²) in [6, 6.07) is 18.6. The molecule has 6 heteroatoms. The number of carbonyl (C=O) groups excluding carboxylic acids is 2. The van der Waals surface area contributed by atoms with Crippen LogP contribution in [0.1, 0.15) is 28.2 Å². The SMILES string of the molecule is CCOC(=O)c1c(-c2ccccc2)csc1NC(=O)[C@H](Cl)c1ccccc1. The van der Waals surface area contributed by atoms with E-state index < -0.39 is 17.3 Å². The van der Waals surface area contributed by atoms with Crippen molar-refractivity contribution in [1.82, 2.24) is 0 Å². The van der Waals surface area contributed by atoms with Gasteiger partial charge in [0, 0.05) is 10.9 Å². The summed E-state index contributed by atoms with van der Waals surface area (Å²) < 4.78 is 5.20.